The molecule has 0 spiro atoms. The zero-order valence-electron chi connectivity index (χ0n) is 9.15. The van der Waals surface area contributed by atoms with Crippen LogP contribution in [0.2, 0.25) is 0 Å². The third kappa shape index (κ3) is 2.68. The highest BCUT2D eigenvalue weighted by molar-refractivity contribution is 7.90. The van der Waals surface area contributed by atoms with E-state index in [1.165, 1.54) is 0 Å². The van der Waals surface area contributed by atoms with Gasteiger partial charge in [0.1, 0.15) is 23.0 Å². The van der Waals surface area contributed by atoms with Crippen LogP contribution in [0.15, 0.2) is 27.5 Å². The van der Waals surface area contributed by atoms with Gasteiger partial charge in [0, 0.05) is 0 Å². The fourth-order valence-electron chi connectivity index (χ4n) is 1.56. The summed E-state index contributed by atoms with van der Waals surface area (Å²) < 4.78 is 76.1. The van der Waals surface area contributed by atoms with Crippen molar-refractivity contribution in [3.63, 3.8) is 0 Å². The average molecular weight is 297 g/mol. The number of benzene rings is 1. The minimum absolute atomic E-state index is 0.254. The topological polar surface area (TPSA) is 75.8 Å². The summed E-state index contributed by atoms with van der Waals surface area (Å²) in [6.07, 6.45) is -6.26. The highest BCUT2D eigenvalue weighted by Crippen LogP contribution is 2.33. The quantitative estimate of drug-likeness (QED) is 0.630. The number of hydrogen-bond donors (Lipinski definition) is 1. The smallest absolute Gasteiger partial charge is 0.263 e. The van der Waals surface area contributed by atoms with Crippen LogP contribution in [-0.2, 0) is 10.0 Å². The number of rotatable bonds is 1. The van der Waals surface area contributed by atoms with Crippen molar-refractivity contribution in [2.24, 2.45) is 10.2 Å². The first kappa shape index (κ1) is 13.7. The summed E-state index contributed by atoms with van der Waals surface area (Å²) in [6, 6.07) is 2.52. The molecule has 1 aliphatic heterocycles. The van der Waals surface area contributed by atoms with E-state index in [1.54, 1.807) is 0 Å². The van der Waals surface area contributed by atoms with Crippen LogP contribution in [0.4, 0.5) is 23.2 Å². The van der Waals surface area contributed by atoms with Gasteiger partial charge >= 0.3 is 6.18 Å². The van der Waals surface area contributed by atoms with E-state index in [0.717, 1.165) is 12.1 Å². The number of halogens is 4. The van der Waals surface area contributed by atoms with Crippen LogP contribution in [0.25, 0.3) is 0 Å². The average Bonchev–Trinajstić information content (AvgIpc) is 2.23. The van der Waals surface area contributed by atoms with Crippen molar-refractivity contribution in [3.8, 4) is 0 Å². The molecular weight excluding hydrogens is 290 g/mol. The van der Waals surface area contributed by atoms with E-state index in [1.807, 2.05) is 0 Å². The third-order valence-electron chi connectivity index (χ3n) is 2.32. The summed E-state index contributed by atoms with van der Waals surface area (Å²) in [5, 5.41) is 0.489. The van der Waals surface area contributed by atoms with Crippen molar-refractivity contribution >= 4 is 21.5 Å². The summed E-state index contributed by atoms with van der Waals surface area (Å²) in [6.45, 7) is 0. The second kappa shape index (κ2) is 4.17. The first-order valence-electron chi connectivity index (χ1n) is 4.85. The summed E-state index contributed by atoms with van der Waals surface area (Å²) in [5.41, 5.74) is -0.254. The first-order chi connectivity index (χ1) is 8.60. The molecule has 0 bridgehead atoms. The van der Waals surface area contributed by atoms with Crippen molar-refractivity contribution < 1.29 is 26.0 Å². The van der Waals surface area contributed by atoms with Gasteiger partial charge in [0.25, 0.3) is 10.0 Å². The number of hydrogen-bond acceptors (Lipinski definition) is 4. The monoisotopic (exact) mass is 297 g/mol. The van der Waals surface area contributed by atoms with Crippen LogP contribution in [0.5, 0.6) is 0 Å². The standard InChI is InChI=1S/C9H7F4N3O2S/c10-5-1-2-6-7(3-5)19(17,18)15-8(16(6)14)4-9(11,12)13/h1-3H,4,14H2. The molecule has 0 atom stereocenters. The van der Waals surface area contributed by atoms with E-state index in [-0.39, 0.29) is 5.69 Å². The van der Waals surface area contributed by atoms with E-state index >= 15 is 0 Å². The van der Waals surface area contributed by atoms with Gasteiger partial charge in [-0.3, -0.25) is 5.01 Å². The predicted octanol–water partition coefficient (Wildman–Crippen LogP) is 1.56. The minimum atomic E-state index is -4.66. The molecule has 0 amide bonds. The molecule has 0 aliphatic carbocycles. The van der Waals surface area contributed by atoms with Crippen LogP contribution in [0.1, 0.15) is 6.42 Å². The Kier molecular flexibility index (Phi) is 3.01. The zero-order chi connectivity index (χ0) is 14.4. The Morgan fingerprint density at radius 1 is 1.32 bits per heavy atom. The maximum atomic E-state index is 13.0. The van der Waals surface area contributed by atoms with E-state index in [4.69, 9.17) is 5.84 Å². The highest BCUT2D eigenvalue weighted by atomic mass is 32.2. The molecule has 1 aromatic carbocycles. The first-order valence-corrected chi connectivity index (χ1v) is 6.29. The summed E-state index contributed by atoms with van der Waals surface area (Å²) >= 11 is 0. The molecule has 0 aromatic heterocycles. The molecule has 0 fully saturated rings. The predicted molar refractivity (Wildman–Crippen MR) is 58.4 cm³/mol. The van der Waals surface area contributed by atoms with Crippen LogP contribution in [0, 0.1) is 5.82 Å². The molecular formula is C9H7F4N3O2S. The molecule has 0 saturated carbocycles. The SMILES string of the molecule is NN1C(CC(F)(F)F)=NS(=O)(=O)c2cc(F)ccc21. The Morgan fingerprint density at radius 3 is 2.53 bits per heavy atom. The van der Waals surface area contributed by atoms with E-state index in [0.29, 0.717) is 11.1 Å². The fourth-order valence-corrected chi connectivity index (χ4v) is 2.78. The van der Waals surface area contributed by atoms with E-state index in [2.05, 4.69) is 4.40 Å². The molecule has 0 radical (unpaired) electrons. The summed E-state index contributed by atoms with van der Waals surface area (Å²) in [5.74, 6) is 3.66. The lowest BCUT2D eigenvalue weighted by Gasteiger charge is -2.26. The van der Waals surface area contributed by atoms with Gasteiger partial charge in [-0.2, -0.15) is 21.6 Å². The number of sulfonamides is 1. The molecule has 1 aliphatic rings. The normalized spacial score (nSPS) is 17.9. The van der Waals surface area contributed by atoms with Crippen molar-refractivity contribution in [1.29, 1.82) is 0 Å². The lowest BCUT2D eigenvalue weighted by Crippen LogP contribution is -2.43. The minimum Gasteiger partial charge on any atom is -0.263 e. The lowest BCUT2D eigenvalue weighted by atomic mass is 10.2. The Bertz CT molecular complexity index is 654. The van der Waals surface area contributed by atoms with Crippen molar-refractivity contribution in [2.45, 2.75) is 17.5 Å². The van der Waals surface area contributed by atoms with E-state index in [9.17, 15) is 26.0 Å². The Hall–Kier alpha value is -1.68. The van der Waals surface area contributed by atoms with Gasteiger partial charge in [0.15, 0.2) is 0 Å². The number of fused-ring (bicyclic) bond motifs is 1. The second-order valence-corrected chi connectivity index (χ2v) is 5.33. The number of alkyl halides is 3. The van der Waals surface area contributed by atoms with Crippen molar-refractivity contribution in [3.05, 3.63) is 24.0 Å². The van der Waals surface area contributed by atoms with Gasteiger partial charge in [-0.15, -0.1) is 4.40 Å². The molecule has 2 rings (SSSR count). The molecule has 19 heavy (non-hydrogen) atoms. The summed E-state index contributed by atoms with van der Waals surface area (Å²) in [4.78, 5) is -0.569. The largest absolute Gasteiger partial charge is 0.396 e. The van der Waals surface area contributed by atoms with Crippen LogP contribution in [-0.4, -0.2) is 20.4 Å². The molecule has 5 nitrogen and oxygen atoms in total. The Morgan fingerprint density at radius 2 is 1.95 bits per heavy atom. The molecule has 10 heteroatoms. The summed E-state index contributed by atoms with van der Waals surface area (Å²) in [7, 11) is -4.39. The van der Waals surface area contributed by atoms with Gasteiger partial charge in [-0.25, -0.2) is 10.2 Å². The second-order valence-electron chi connectivity index (χ2n) is 3.76. The molecule has 1 heterocycles. The Balaban J connectivity index is 2.56. The van der Waals surface area contributed by atoms with Gasteiger partial charge < -0.3 is 0 Å². The lowest BCUT2D eigenvalue weighted by molar-refractivity contribution is -0.121. The van der Waals surface area contributed by atoms with Gasteiger partial charge in [0.2, 0.25) is 0 Å². The van der Waals surface area contributed by atoms with Crippen molar-refractivity contribution in [2.75, 3.05) is 5.01 Å². The molecule has 104 valence electrons. The number of hydrazine groups is 1. The van der Waals surface area contributed by atoms with Crippen LogP contribution < -0.4 is 10.9 Å². The van der Waals surface area contributed by atoms with Crippen LogP contribution in [0.3, 0.4) is 0 Å². The maximum Gasteiger partial charge on any atom is 0.396 e. The van der Waals surface area contributed by atoms with E-state index < -0.39 is 39.2 Å². The fraction of sp³-hybridized carbons (Fsp3) is 0.222. The number of anilines is 1. The number of nitrogens with two attached hydrogens (primary N) is 1. The van der Waals surface area contributed by atoms with Gasteiger partial charge in [-0.05, 0) is 18.2 Å². The molecule has 1 aromatic rings. The van der Waals surface area contributed by atoms with Gasteiger partial charge in [0.05, 0.1) is 5.69 Å². The van der Waals surface area contributed by atoms with Gasteiger partial charge in [-0.1, -0.05) is 0 Å². The van der Waals surface area contributed by atoms with Crippen LogP contribution >= 0.6 is 0 Å². The zero-order valence-corrected chi connectivity index (χ0v) is 9.96. The maximum absolute atomic E-state index is 13.0. The molecule has 2 N–H and O–H groups in total. The number of nitrogens with zero attached hydrogens (tertiary/aromatic N) is 2. The molecule has 0 unspecified atom stereocenters. The van der Waals surface area contributed by atoms with Crippen molar-refractivity contribution in [1.82, 2.24) is 0 Å². The highest BCUT2D eigenvalue weighted by Gasteiger charge is 2.37. The third-order valence-corrected chi connectivity index (χ3v) is 3.66. The number of amidine groups is 1. The molecule has 0 saturated heterocycles. The Labute approximate surface area is 105 Å².